The average Bonchev–Trinajstić information content (AvgIpc) is 2.99. The number of carbonyl (C=O) groups excluding carboxylic acids is 1. The van der Waals surface area contributed by atoms with Gasteiger partial charge >= 0.3 is 0 Å². The average molecular weight is 272 g/mol. The topological polar surface area (TPSA) is 83.8 Å². The second-order valence-electron chi connectivity index (χ2n) is 4.73. The molecule has 0 unspecified atom stereocenters. The SMILES string of the molecule is N[C@@H](CCc1ccccc1)C(=O)NCCc1c[nH]cn1. The van der Waals surface area contributed by atoms with E-state index in [0.717, 1.165) is 12.1 Å². The highest BCUT2D eigenvalue weighted by Gasteiger charge is 2.12. The van der Waals surface area contributed by atoms with Gasteiger partial charge in [0.15, 0.2) is 0 Å². The van der Waals surface area contributed by atoms with Crippen LogP contribution in [0.15, 0.2) is 42.9 Å². The van der Waals surface area contributed by atoms with Gasteiger partial charge in [0.1, 0.15) is 0 Å². The fourth-order valence-corrected chi connectivity index (χ4v) is 1.97. The van der Waals surface area contributed by atoms with Crippen molar-refractivity contribution >= 4 is 5.91 Å². The number of aromatic nitrogens is 2. The first-order valence-corrected chi connectivity index (χ1v) is 6.80. The van der Waals surface area contributed by atoms with Crippen molar-refractivity contribution in [2.75, 3.05) is 6.54 Å². The molecule has 0 aliphatic heterocycles. The van der Waals surface area contributed by atoms with Gasteiger partial charge in [0, 0.05) is 19.2 Å². The zero-order valence-electron chi connectivity index (χ0n) is 11.4. The number of H-pyrrole nitrogens is 1. The number of nitrogens with zero attached hydrogens (tertiary/aromatic N) is 1. The molecule has 5 heteroatoms. The summed E-state index contributed by atoms with van der Waals surface area (Å²) < 4.78 is 0. The van der Waals surface area contributed by atoms with Crippen molar-refractivity contribution in [2.45, 2.75) is 25.3 Å². The van der Waals surface area contributed by atoms with Gasteiger partial charge in [-0.15, -0.1) is 0 Å². The molecule has 1 atom stereocenters. The van der Waals surface area contributed by atoms with Crippen LogP contribution in [-0.4, -0.2) is 28.5 Å². The van der Waals surface area contributed by atoms with Crippen LogP contribution >= 0.6 is 0 Å². The molecule has 2 aromatic rings. The smallest absolute Gasteiger partial charge is 0.236 e. The normalized spacial score (nSPS) is 12.1. The maximum atomic E-state index is 11.8. The Morgan fingerprint density at radius 2 is 2.10 bits per heavy atom. The largest absolute Gasteiger partial charge is 0.354 e. The predicted molar refractivity (Wildman–Crippen MR) is 78.0 cm³/mol. The van der Waals surface area contributed by atoms with E-state index >= 15 is 0 Å². The van der Waals surface area contributed by atoms with Crippen LogP contribution in [0.1, 0.15) is 17.7 Å². The molecule has 0 bridgehead atoms. The molecule has 1 aromatic heterocycles. The van der Waals surface area contributed by atoms with Crippen LogP contribution < -0.4 is 11.1 Å². The molecular formula is C15H20N4O. The summed E-state index contributed by atoms with van der Waals surface area (Å²) in [5, 5.41) is 2.84. The molecule has 1 heterocycles. The number of carbonyl (C=O) groups is 1. The third kappa shape index (κ3) is 4.51. The molecule has 0 saturated carbocycles. The Kier molecular flexibility index (Phi) is 5.32. The van der Waals surface area contributed by atoms with Crippen molar-refractivity contribution in [3.05, 3.63) is 54.1 Å². The number of amides is 1. The molecule has 0 saturated heterocycles. The number of aryl methyl sites for hydroxylation is 1. The van der Waals surface area contributed by atoms with Crippen LogP contribution in [0.2, 0.25) is 0 Å². The van der Waals surface area contributed by atoms with E-state index in [9.17, 15) is 4.79 Å². The Hall–Kier alpha value is -2.14. The minimum atomic E-state index is -0.464. The Morgan fingerprint density at radius 3 is 2.80 bits per heavy atom. The summed E-state index contributed by atoms with van der Waals surface area (Å²) in [6, 6.07) is 9.58. The Bertz CT molecular complexity index is 510. The standard InChI is InChI=1S/C15H20N4O/c16-14(7-6-12-4-2-1-3-5-12)15(20)18-9-8-13-10-17-11-19-13/h1-5,10-11,14H,6-9,16H2,(H,17,19)(H,18,20)/t14-/m0/s1. The van der Waals surface area contributed by atoms with Crippen molar-refractivity contribution < 1.29 is 4.79 Å². The van der Waals surface area contributed by atoms with E-state index in [4.69, 9.17) is 5.73 Å². The van der Waals surface area contributed by atoms with Gasteiger partial charge in [-0.3, -0.25) is 4.79 Å². The van der Waals surface area contributed by atoms with Crippen molar-refractivity contribution in [1.29, 1.82) is 0 Å². The van der Waals surface area contributed by atoms with Gasteiger partial charge in [0.2, 0.25) is 5.91 Å². The van der Waals surface area contributed by atoms with Gasteiger partial charge < -0.3 is 16.0 Å². The molecule has 106 valence electrons. The molecular weight excluding hydrogens is 252 g/mol. The third-order valence-electron chi connectivity index (χ3n) is 3.16. The highest BCUT2D eigenvalue weighted by Crippen LogP contribution is 2.04. The van der Waals surface area contributed by atoms with Crippen LogP contribution in [0.3, 0.4) is 0 Å². The molecule has 0 spiro atoms. The summed E-state index contributed by atoms with van der Waals surface area (Å²) in [6.45, 7) is 0.558. The first kappa shape index (κ1) is 14.3. The summed E-state index contributed by atoms with van der Waals surface area (Å²) in [7, 11) is 0. The van der Waals surface area contributed by atoms with Crippen molar-refractivity contribution in [1.82, 2.24) is 15.3 Å². The van der Waals surface area contributed by atoms with Crippen molar-refractivity contribution in [2.24, 2.45) is 5.73 Å². The minimum absolute atomic E-state index is 0.100. The zero-order valence-corrected chi connectivity index (χ0v) is 11.4. The number of hydrogen-bond acceptors (Lipinski definition) is 3. The van der Waals surface area contributed by atoms with Gasteiger partial charge in [-0.1, -0.05) is 30.3 Å². The van der Waals surface area contributed by atoms with Crippen LogP contribution in [0.4, 0.5) is 0 Å². The second-order valence-corrected chi connectivity index (χ2v) is 4.73. The number of aromatic amines is 1. The number of nitrogens with two attached hydrogens (primary N) is 1. The second kappa shape index (κ2) is 7.45. The fourth-order valence-electron chi connectivity index (χ4n) is 1.97. The van der Waals surface area contributed by atoms with Gasteiger partial charge in [0.25, 0.3) is 0 Å². The summed E-state index contributed by atoms with van der Waals surface area (Å²) in [5.74, 6) is -0.100. The third-order valence-corrected chi connectivity index (χ3v) is 3.16. The van der Waals surface area contributed by atoms with Crippen LogP contribution in [0.5, 0.6) is 0 Å². The van der Waals surface area contributed by atoms with Gasteiger partial charge in [-0.05, 0) is 18.4 Å². The molecule has 0 radical (unpaired) electrons. The molecule has 5 nitrogen and oxygen atoms in total. The minimum Gasteiger partial charge on any atom is -0.354 e. The summed E-state index contributed by atoms with van der Waals surface area (Å²) in [5.41, 5.74) is 8.03. The molecule has 0 aliphatic rings. The van der Waals surface area contributed by atoms with Gasteiger partial charge in [-0.25, -0.2) is 4.98 Å². The first-order valence-electron chi connectivity index (χ1n) is 6.80. The lowest BCUT2D eigenvalue weighted by atomic mass is 10.1. The molecule has 20 heavy (non-hydrogen) atoms. The summed E-state index contributed by atoms with van der Waals surface area (Å²) in [4.78, 5) is 18.8. The molecule has 0 fully saturated rings. The van der Waals surface area contributed by atoms with E-state index in [1.165, 1.54) is 5.56 Å². The highest BCUT2D eigenvalue weighted by atomic mass is 16.2. The van der Waals surface area contributed by atoms with E-state index in [2.05, 4.69) is 15.3 Å². The zero-order chi connectivity index (χ0) is 14.2. The Balaban J connectivity index is 1.66. The van der Waals surface area contributed by atoms with Crippen LogP contribution in [-0.2, 0) is 17.6 Å². The molecule has 0 aliphatic carbocycles. The van der Waals surface area contributed by atoms with E-state index in [-0.39, 0.29) is 5.91 Å². The Morgan fingerprint density at radius 1 is 1.30 bits per heavy atom. The van der Waals surface area contributed by atoms with Gasteiger partial charge in [0.05, 0.1) is 18.1 Å². The van der Waals surface area contributed by atoms with Crippen LogP contribution in [0.25, 0.3) is 0 Å². The monoisotopic (exact) mass is 272 g/mol. The molecule has 2 rings (SSSR count). The molecule has 1 amide bonds. The fraction of sp³-hybridized carbons (Fsp3) is 0.333. The quantitative estimate of drug-likeness (QED) is 0.704. The van der Waals surface area contributed by atoms with Crippen LogP contribution in [0, 0.1) is 0 Å². The molecule has 1 aromatic carbocycles. The lowest BCUT2D eigenvalue weighted by Gasteiger charge is -2.11. The number of rotatable bonds is 7. The summed E-state index contributed by atoms with van der Waals surface area (Å²) >= 11 is 0. The first-order chi connectivity index (χ1) is 9.75. The number of imidazole rings is 1. The lowest BCUT2D eigenvalue weighted by molar-refractivity contribution is -0.122. The number of nitrogens with one attached hydrogen (secondary N) is 2. The van der Waals surface area contributed by atoms with E-state index in [1.807, 2.05) is 36.5 Å². The summed E-state index contributed by atoms with van der Waals surface area (Å²) in [6.07, 6.45) is 5.62. The van der Waals surface area contributed by atoms with E-state index < -0.39 is 6.04 Å². The van der Waals surface area contributed by atoms with Gasteiger partial charge in [-0.2, -0.15) is 0 Å². The Labute approximate surface area is 118 Å². The van der Waals surface area contributed by atoms with E-state index in [0.29, 0.717) is 19.4 Å². The predicted octanol–water partition coefficient (Wildman–Crippen LogP) is 1.03. The molecule has 4 N–H and O–H groups in total. The number of benzene rings is 1. The maximum absolute atomic E-state index is 11.8. The van der Waals surface area contributed by atoms with E-state index in [1.54, 1.807) is 6.33 Å². The highest BCUT2D eigenvalue weighted by molar-refractivity contribution is 5.81. The number of hydrogen-bond donors (Lipinski definition) is 3. The van der Waals surface area contributed by atoms with Crippen molar-refractivity contribution in [3.63, 3.8) is 0 Å². The van der Waals surface area contributed by atoms with Crippen molar-refractivity contribution in [3.8, 4) is 0 Å². The maximum Gasteiger partial charge on any atom is 0.236 e. The lowest BCUT2D eigenvalue weighted by Crippen LogP contribution is -2.41.